The number of pyridine rings is 1. The lowest BCUT2D eigenvalue weighted by Gasteiger charge is -2.55. The van der Waals surface area contributed by atoms with Crippen LogP contribution in [0, 0.1) is 17.3 Å². The Kier molecular flexibility index (Phi) is 3.83. The number of fused-ring (bicyclic) bond motifs is 1. The van der Waals surface area contributed by atoms with Gasteiger partial charge in [0.1, 0.15) is 0 Å². The molecule has 2 unspecified atom stereocenters. The van der Waals surface area contributed by atoms with E-state index in [0.29, 0.717) is 5.41 Å². The molecule has 1 aromatic heterocycles. The molecule has 0 N–H and O–H groups in total. The molecule has 0 radical (unpaired) electrons. The van der Waals surface area contributed by atoms with E-state index in [1.54, 1.807) is 5.57 Å². The van der Waals surface area contributed by atoms with Crippen LogP contribution in [0.3, 0.4) is 0 Å². The van der Waals surface area contributed by atoms with E-state index in [9.17, 15) is 0 Å². The second-order valence-electron chi connectivity index (χ2n) is 8.05. The number of benzene rings is 1. The maximum absolute atomic E-state index is 2.53. The van der Waals surface area contributed by atoms with Crippen molar-refractivity contribution in [1.29, 1.82) is 0 Å². The van der Waals surface area contributed by atoms with Crippen molar-refractivity contribution in [3.63, 3.8) is 0 Å². The predicted octanol–water partition coefficient (Wildman–Crippen LogP) is 5.20. The van der Waals surface area contributed by atoms with E-state index in [1.807, 2.05) is 0 Å². The van der Waals surface area contributed by atoms with Gasteiger partial charge in [0.25, 0.3) is 0 Å². The zero-order chi connectivity index (χ0) is 16.7. The molecule has 124 valence electrons. The lowest BCUT2D eigenvalue weighted by molar-refractivity contribution is -0.679. The summed E-state index contributed by atoms with van der Waals surface area (Å²) >= 11 is 0. The average Bonchev–Trinajstić information content (AvgIpc) is 2.62. The Balaban J connectivity index is 1.69. The molecule has 2 aromatic rings. The summed E-state index contributed by atoms with van der Waals surface area (Å²) in [5.41, 5.74) is 6.30. The average molecular weight is 318 g/mol. The minimum absolute atomic E-state index is 0.501. The van der Waals surface area contributed by atoms with E-state index < -0.39 is 0 Å². The van der Waals surface area contributed by atoms with Crippen LogP contribution >= 0.6 is 0 Å². The van der Waals surface area contributed by atoms with Gasteiger partial charge in [-0.15, -0.1) is 0 Å². The first kappa shape index (κ1) is 15.6. The standard InChI is InChI=1S/C23H28N/c1-4-17-9-5-6-10-20(17)22-11-7-8-14-24(22)16-18-12-13-19-15-21(18)23(19,2)3/h5-12,14,19,21H,4,13,15-16H2,1-3H3/q+1. The van der Waals surface area contributed by atoms with Gasteiger partial charge in [0.15, 0.2) is 12.7 Å². The number of aromatic nitrogens is 1. The Bertz CT molecular complexity index is 784. The molecule has 24 heavy (non-hydrogen) atoms. The Morgan fingerprint density at radius 3 is 2.62 bits per heavy atom. The molecule has 0 saturated heterocycles. The molecule has 0 spiro atoms. The molecule has 1 nitrogen and oxygen atoms in total. The maximum atomic E-state index is 2.53. The van der Waals surface area contributed by atoms with Gasteiger partial charge < -0.3 is 0 Å². The topological polar surface area (TPSA) is 3.88 Å². The quantitative estimate of drug-likeness (QED) is 0.539. The Morgan fingerprint density at radius 2 is 1.88 bits per heavy atom. The Labute approximate surface area is 146 Å². The van der Waals surface area contributed by atoms with Crippen LogP contribution in [0.4, 0.5) is 0 Å². The highest BCUT2D eigenvalue weighted by Crippen LogP contribution is 2.59. The monoisotopic (exact) mass is 318 g/mol. The number of rotatable bonds is 4. The number of aryl methyl sites for hydroxylation is 1. The fourth-order valence-corrected chi connectivity index (χ4v) is 4.79. The van der Waals surface area contributed by atoms with Gasteiger partial charge in [0, 0.05) is 17.7 Å². The van der Waals surface area contributed by atoms with Gasteiger partial charge in [-0.05, 0) is 59.8 Å². The van der Waals surface area contributed by atoms with Crippen LogP contribution in [0.1, 0.15) is 39.2 Å². The third-order valence-corrected chi connectivity index (χ3v) is 6.55. The highest BCUT2D eigenvalue weighted by atomic mass is 15.0. The van der Waals surface area contributed by atoms with Gasteiger partial charge in [-0.1, -0.05) is 45.0 Å². The summed E-state index contributed by atoms with van der Waals surface area (Å²) < 4.78 is 2.45. The SMILES string of the molecule is CCc1ccccc1-c1cccc[n+]1CC1=CCC2CC1C2(C)C. The smallest absolute Gasteiger partial charge is 0.194 e. The number of nitrogens with zero attached hydrogens (tertiary/aromatic N) is 1. The molecule has 2 bridgehead atoms. The summed E-state index contributed by atoms with van der Waals surface area (Å²) in [6.07, 6.45) is 8.52. The predicted molar refractivity (Wildman–Crippen MR) is 99.5 cm³/mol. The zero-order valence-corrected chi connectivity index (χ0v) is 15.1. The van der Waals surface area contributed by atoms with Crippen molar-refractivity contribution in [2.75, 3.05) is 0 Å². The Hall–Kier alpha value is -1.89. The molecular weight excluding hydrogens is 290 g/mol. The van der Waals surface area contributed by atoms with Crippen LogP contribution in [0.25, 0.3) is 11.3 Å². The first-order valence-electron chi connectivity index (χ1n) is 9.37. The molecule has 5 rings (SSSR count). The lowest BCUT2D eigenvalue weighted by Crippen LogP contribution is -2.51. The van der Waals surface area contributed by atoms with Crippen molar-refractivity contribution < 1.29 is 4.57 Å². The van der Waals surface area contributed by atoms with Crippen LogP contribution in [0.2, 0.25) is 0 Å². The highest BCUT2D eigenvalue weighted by Gasteiger charge is 2.51. The molecular formula is C23H28N+. The fraction of sp³-hybridized carbons (Fsp3) is 0.435. The first-order chi connectivity index (χ1) is 11.6. The molecule has 0 amide bonds. The molecule has 1 fully saturated rings. The van der Waals surface area contributed by atoms with E-state index in [0.717, 1.165) is 24.8 Å². The second kappa shape index (κ2) is 5.88. The van der Waals surface area contributed by atoms with E-state index in [1.165, 1.54) is 29.7 Å². The van der Waals surface area contributed by atoms with Crippen molar-refractivity contribution >= 4 is 0 Å². The van der Waals surface area contributed by atoms with Gasteiger partial charge in [-0.2, -0.15) is 4.57 Å². The molecule has 1 saturated carbocycles. The number of hydrogen-bond acceptors (Lipinski definition) is 0. The van der Waals surface area contributed by atoms with Crippen molar-refractivity contribution in [2.24, 2.45) is 17.3 Å². The van der Waals surface area contributed by atoms with Crippen molar-refractivity contribution in [3.05, 3.63) is 65.9 Å². The van der Waals surface area contributed by atoms with E-state index in [4.69, 9.17) is 0 Å². The molecule has 1 heterocycles. The molecule has 1 aromatic carbocycles. The van der Waals surface area contributed by atoms with E-state index in [2.05, 4.69) is 80.1 Å². The second-order valence-corrected chi connectivity index (χ2v) is 8.05. The van der Waals surface area contributed by atoms with Gasteiger partial charge in [-0.3, -0.25) is 0 Å². The zero-order valence-electron chi connectivity index (χ0n) is 15.1. The van der Waals surface area contributed by atoms with Crippen molar-refractivity contribution in [2.45, 2.75) is 46.6 Å². The highest BCUT2D eigenvalue weighted by molar-refractivity contribution is 5.61. The van der Waals surface area contributed by atoms with E-state index >= 15 is 0 Å². The van der Waals surface area contributed by atoms with Crippen molar-refractivity contribution in [1.82, 2.24) is 0 Å². The summed E-state index contributed by atoms with van der Waals surface area (Å²) in [5, 5.41) is 0. The van der Waals surface area contributed by atoms with Crippen LogP contribution in [-0.2, 0) is 13.0 Å². The summed E-state index contributed by atoms with van der Waals surface area (Å²) in [4.78, 5) is 0. The lowest BCUT2D eigenvalue weighted by atomic mass is 9.49. The minimum atomic E-state index is 0.501. The normalized spacial score (nSPS) is 24.2. The molecule has 1 heteroatoms. The molecule has 0 aliphatic heterocycles. The first-order valence-corrected chi connectivity index (χ1v) is 9.37. The third-order valence-electron chi connectivity index (χ3n) is 6.55. The van der Waals surface area contributed by atoms with Crippen LogP contribution in [-0.4, -0.2) is 0 Å². The summed E-state index contributed by atoms with van der Waals surface area (Å²) in [5.74, 6) is 1.69. The van der Waals surface area contributed by atoms with Crippen molar-refractivity contribution in [3.8, 4) is 11.3 Å². The summed E-state index contributed by atoms with van der Waals surface area (Å²) in [6.45, 7) is 8.20. The maximum Gasteiger partial charge on any atom is 0.213 e. The van der Waals surface area contributed by atoms with E-state index in [-0.39, 0.29) is 0 Å². The third kappa shape index (κ3) is 2.42. The van der Waals surface area contributed by atoms with Gasteiger partial charge in [0.05, 0.1) is 0 Å². The van der Waals surface area contributed by atoms with Gasteiger partial charge >= 0.3 is 0 Å². The van der Waals surface area contributed by atoms with Crippen LogP contribution in [0.15, 0.2) is 60.3 Å². The number of hydrogen-bond donors (Lipinski definition) is 0. The summed E-state index contributed by atoms with van der Waals surface area (Å²) in [6, 6.07) is 15.4. The fourth-order valence-electron chi connectivity index (χ4n) is 4.79. The number of allylic oxidation sites excluding steroid dienone is 2. The van der Waals surface area contributed by atoms with Gasteiger partial charge in [-0.25, -0.2) is 0 Å². The van der Waals surface area contributed by atoms with Crippen LogP contribution < -0.4 is 4.57 Å². The van der Waals surface area contributed by atoms with Crippen LogP contribution in [0.5, 0.6) is 0 Å². The molecule has 3 aliphatic rings. The molecule has 3 aliphatic carbocycles. The van der Waals surface area contributed by atoms with Gasteiger partial charge in [0.2, 0.25) is 5.69 Å². The largest absolute Gasteiger partial charge is 0.213 e. The minimum Gasteiger partial charge on any atom is -0.194 e. The Morgan fingerprint density at radius 1 is 1.08 bits per heavy atom. The summed E-state index contributed by atoms with van der Waals surface area (Å²) in [7, 11) is 0. The molecule has 2 atom stereocenters.